The summed E-state index contributed by atoms with van der Waals surface area (Å²) in [5, 5.41) is 2.73. The average Bonchev–Trinajstić information content (AvgIpc) is 1.85. The monoisotopic (exact) mass is 165 g/mol. The first-order valence-electron chi connectivity index (χ1n) is 2.99. The molecule has 0 aliphatic heterocycles. The van der Waals surface area contributed by atoms with E-state index in [0.29, 0.717) is 13.0 Å². The topological polar surface area (TPSA) is 12.0 Å². The molecule has 1 atom stereocenters. The van der Waals surface area contributed by atoms with Crippen molar-refractivity contribution in [2.75, 3.05) is 13.6 Å². The zero-order chi connectivity index (χ0) is 7.11. The summed E-state index contributed by atoms with van der Waals surface area (Å²) in [5.74, 6) is 5.31. The van der Waals surface area contributed by atoms with Gasteiger partial charge in [0.2, 0.25) is 0 Å². The lowest BCUT2D eigenvalue weighted by Gasteiger charge is -2.00. The number of hydrogen-bond acceptors (Lipinski definition) is 1. The molecule has 0 rings (SSSR count). The third-order valence-corrected chi connectivity index (χ3v) is 0.926. The van der Waals surface area contributed by atoms with E-state index >= 15 is 0 Å². The molecule has 0 spiro atoms. The highest BCUT2D eigenvalue weighted by Crippen LogP contribution is 1.92. The average molecular weight is 166 g/mol. The zero-order valence-corrected chi connectivity index (χ0v) is 7.09. The number of rotatable bonds is 3. The molecule has 1 N–H and O–H groups in total. The lowest BCUT2D eigenvalue weighted by Crippen LogP contribution is -2.18. The van der Waals surface area contributed by atoms with Crippen LogP contribution in [0.25, 0.3) is 0 Å². The summed E-state index contributed by atoms with van der Waals surface area (Å²) in [4.78, 5) is 0. The van der Waals surface area contributed by atoms with Gasteiger partial charge in [0.15, 0.2) is 0 Å². The van der Waals surface area contributed by atoms with Gasteiger partial charge in [-0.3, -0.25) is 0 Å². The zero-order valence-electron chi connectivity index (χ0n) is 6.28. The SMILES string of the molecule is CC#CCC(F)CNC.Cl. The van der Waals surface area contributed by atoms with E-state index in [0.717, 1.165) is 0 Å². The Balaban J connectivity index is 0. The molecule has 0 fully saturated rings. The van der Waals surface area contributed by atoms with E-state index in [1.165, 1.54) is 0 Å². The highest BCUT2D eigenvalue weighted by atomic mass is 35.5. The van der Waals surface area contributed by atoms with Crippen LogP contribution in [0.4, 0.5) is 4.39 Å². The van der Waals surface area contributed by atoms with Crippen molar-refractivity contribution in [3.05, 3.63) is 0 Å². The van der Waals surface area contributed by atoms with Crippen molar-refractivity contribution in [2.24, 2.45) is 0 Å². The van der Waals surface area contributed by atoms with Crippen molar-refractivity contribution in [3.8, 4) is 11.8 Å². The molecular formula is C7H13ClFN. The molecule has 0 aromatic heterocycles. The molecule has 0 radical (unpaired) electrons. The van der Waals surface area contributed by atoms with Gasteiger partial charge in [-0.05, 0) is 14.0 Å². The molecule has 0 saturated carbocycles. The third-order valence-electron chi connectivity index (χ3n) is 0.926. The molecule has 0 amide bonds. The summed E-state index contributed by atoms with van der Waals surface area (Å²) in [7, 11) is 1.73. The van der Waals surface area contributed by atoms with Crippen molar-refractivity contribution in [2.45, 2.75) is 19.5 Å². The van der Waals surface area contributed by atoms with Crippen molar-refractivity contribution in [1.82, 2.24) is 5.32 Å². The van der Waals surface area contributed by atoms with E-state index in [2.05, 4.69) is 17.2 Å². The summed E-state index contributed by atoms with van der Waals surface area (Å²) in [5.41, 5.74) is 0. The lowest BCUT2D eigenvalue weighted by atomic mass is 10.3. The summed E-state index contributed by atoms with van der Waals surface area (Å²) in [6.07, 6.45) is -0.473. The van der Waals surface area contributed by atoms with Crippen LogP contribution in [0.15, 0.2) is 0 Å². The highest BCUT2D eigenvalue weighted by Gasteiger charge is 1.99. The number of nitrogens with one attached hydrogen (secondary N) is 1. The molecule has 0 aliphatic rings. The van der Waals surface area contributed by atoms with Crippen LogP contribution < -0.4 is 5.32 Å². The molecule has 3 heteroatoms. The predicted molar refractivity (Wildman–Crippen MR) is 44.1 cm³/mol. The Labute approximate surface area is 67.8 Å². The second-order valence-electron chi connectivity index (χ2n) is 1.79. The third kappa shape index (κ3) is 7.74. The molecule has 0 bridgehead atoms. The molecule has 0 saturated heterocycles. The molecule has 0 heterocycles. The van der Waals surface area contributed by atoms with Gasteiger partial charge >= 0.3 is 0 Å². The maximum atomic E-state index is 12.4. The summed E-state index contributed by atoms with van der Waals surface area (Å²) in [6, 6.07) is 0. The molecule has 1 unspecified atom stereocenters. The molecule has 1 nitrogen and oxygen atoms in total. The van der Waals surface area contributed by atoms with E-state index < -0.39 is 6.17 Å². The van der Waals surface area contributed by atoms with Crippen LogP contribution >= 0.6 is 12.4 Å². The Morgan fingerprint density at radius 2 is 2.20 bits per heavy atom. The van der Waals surface area contributed by atoms with Crippen LogP contribution in [0.3, 0.4) is 0 Å². The van der Waals surface area contributed by atoms with Gasteiger partial charge in [0.25, 0.3) is 0 Å². The molecule has 60 valence electrons. The highest BCUT2D eigenvalue weighted by molar-refractivity contribution is 5.85. The summed E-state index contributed by atoms with van der Waals surface area (Å²) >= 11 is 0. The minimum absolute atomic E-state index is 0. The Morgan fingerprint density at radius 3 is 2.60 bits per heavy atom. The maximum Gasteiger partial charge on any atom is 0.123 e. The summed E-state index contributed by atoms with van der Waals surface area (Å²) in [6.45, 7) is 2.11. The number of halogens is 2. The van der Waals surface area contributed by atoms with E-state index in [-0.39, 0.29) is 12.4 Å². The van der Waals surface area contributed by atoms with Gasteiger partial charge in [-0.1, -0.05) is 0 Å². The smallest absolute Gasteiger partial charge is 0.123 e. The normalized spacial score (nSPS) is 10.7. The van der Waals surface area contributed by atoms with Crippen LogP contribution in [0, 0.1) is 11.8 Å². The second kappa shape index (κ2) is 8.74. The molecular weight excluding hydrogens is 153 g/mol. The van der Waals surface area contributed by atoms with Gasteiger partial charge in [0, 0.05) is 13.0 Å². The Hall–Kier alpha value is -0.260. The number of alkyl halides is 1. The minimum atomic E-state index is -0.817. The van der Waals surface area contributed by atoms with Crippen molar-refractivity contribution < 1.29 is 4.39 Å². The van der Waals surface area contributed by atoms with Crippen LogP contribution in [0.2, 0.25) is 0 Å². The van der Waals surface area contributed by atoms with Gasteiger partial charge < -0.3 is 5.32 Å². The van der Waals surface area contributed by atoms with Crippen molar-refractivity contribution in [3.63, 3.8) is 0 Å². The van der Waals surface area contributed by atoms with Gasteiger partial charge in [0.1, 0.15) is 6.17 Å². The van der Waals surface area contributed by atoms with E-state index in [1.807, 2.05) is 0 Å². The van der Waals surface area contributed by atoms with Gasteiger partial charge in [0.05, 0.1) is 0 Å². The van der Waals surface area contributed by atoms with Crippen LogP contribution in [0.5, 0.6) is 0 Å². The summed E-state index contributed by atoms with van der Waals surface area (Å²) < 4.78 is 12.4. The Kier molecular flexibility index (Phi) is 10.9. The maximum absolute atomic E-state index is 12.4. The van der Waals surface area contributed by atoms with E-state index in [9.17, 15) is 4.39 Å². The first-order valence-corrected chi connectivity index (χ1v) is 2.99. The standard InChI is InChI=1S/C7H12FN.ClH/c1-3-4-5-7(8)6-9-2;/h7,9H,5-6H2,1-2H3;1H. The quantitative estimate of drug-likeness (QED) is 0.624. The van der Waals surface area contributed by atoms with E-state index in [1.54, 1.807) is 14.0 Å². The largest absolute Gasteiger partial charge is 0.317 e. The second-order valence-corrected chi connectivity index (χ2v) is 1.79. The minimum Gasteiger partial charge on any atom is -0.317 e. The molecule has 0 aromatic rings. The van der Waals surface area contributed by atoms with Crippen molar-refractivity contribution >= 4 is 12.4 Å². The fraction of sp³-hybridized carbons (Fsp3) is 0.714. The van der Waals surface area contributed by atoms with Gasteiger partial charge in [-0.2, -0.15) is 0 Å². The van der Waals surface area contributed by atoms with Gasteiger partial charge in [-0.15, -0.1) is 24.2 Å². The van der Waals surface area contributed by atoms with E-state index in [4.69, 9.17) is 0 Å². The first-order chi connectivity index (χ1) is 4.31. The predicted octanol–water partition coefficient (Wildman–Crippen LogP) is 1.38. The van der Waals surface area contributed by atoms with Crippen LogP contribution in [-0.2, 0) is 0 Å². The fourth-order valence-electron chi connectivity index (χ4n) is 0.506. The van der Waals surface area contributed by atoms with Crippen LogP contribution in [0.1, 0.15) is 13.3 Å². The lowest BCUT2D eigenvalue weighted by molar-refractivity contribution is 0.332. The Morgan fingerprint density at radius 1 is 1.60 bits per heavy atom. The number of hydrogen-bond donors (Lipinski definition) is 1. The fourth-order valence-corrected chi connectivity index (χ4v) is 0.506. The Bertz CT molecular complexity index is 117. The van der Waals surface area contributed by atoms with Crippen LogP contribution in [-0.4, -0.2) is 19.8 Å². The molecule has 0 aromatic carbocycles. The molecule has 10 heavy (non-hydrogen) atoms. The van der Waals surface area contributed by atoms with Gasteiger partial charge in [-0.25, -0.2) is 4.39 Å². The first kappa shape index (κ1) is 12.4. The van der Waals surface area contributed by atoms with Crippen molar-refractivity contribution in [1.29, 1.82) is 0 Å². The molecule has 0 aliphatic carbocycles.